The Morgan fingerprint density at radius 2 is 1.30 bits per heavy atom. The van der Waals surface area contributed by atoms with Crippen molar-refractivity contribution in [1.82, 2.24) is 15.2 Å². The van der Waals surface area contributed by atoms with Gasteiger partial charge < -0.3 is 4.74 Å². The highest BCUT2D eigenvalue weighted by Gasteiger charge is 2.08. The molecule has 37 heavy (non-hydrogen) atoms. The normalized spacial score (nSPS) is 13.3. The number of hydrogen-bond donors (Lipinski definition) is 0. The Bertz CT molecular complexity index is 797. The molecule has 0 aliphatic rings. The van der Waals surface area contributed by atoms with Gasteiger partial charge in [-0.3, -0.25) is 4.98 Å². The third-order valence-electron chi connectivity index (χ3n) is 7.57. The van der Waals surface area contributed by atoms with Crippen LogP contribution in [0.3, 0.4) is 0 Å². The highest BCUT2D eigenvalue weighted by molar-refractivity contribution is 6.52. The molecule has 0 aromatic carbocycles. The lowest BCUT2D eigenvalue weighted by atomic mass is 9.96. The van der Waals surface area contributed by atoms with Gasteiger partial charge in [-0.25, -0.2) is 0 Å². The fourth-order valence-electron chi connectivity index (χ4n) is 4.91. The minimum Gasteiger partial charge on any atom is -0.492 e. The fraction of sp³-hybridized carbons (Fsp3) is 0.719. The summed E-state index contributed by atoms with van der Waals surface area (Å²) in [6, 6.07) is 9.57. The number of ether oxygens (including phenoxy) is 1. The molecule has 0 bridgehead atoms. The average molecular weight is 526 g/mol. The number of hydrogen-bond acceptors (Lipinski definition) is 4. The predicted octanol–water partition coefficient (Wildman–Crippen LogP) is 8.29. The summed E-state index contributed by atoms with van der Waals surface area (Å²) >= 11 is 0. The number of aromatic nitrogens is 3. The van der Waals surface area contributed by atoms with Crippen LogP contribution in [0.1, 0.15) is 124 Å². The fourth-order valence-corrected chi connectivity index (χ4v) is 6.44. The zero-order valence-corrected chi connectivity index (χ0v) is 25.9. The molecule has 2 aromatic heterocycles. The summed E-state index contributed by atoms with van der Waals surface area (Å²) in [6.07, 6.45) is 22.0. The number of rotatable bonds is 22. The zero-order valence-electron chi connectivity index (χ0n) is 24.5. The van der Waals surface area contributed by atoms with Crippen molar-refractivity contribution in [2.45, 2.75) is 130 Å². The summed E-state index contributed by atoms with van der Waals surface area (Å²) in [7, 11) is -0.359. The molecule has 0 fully saturated rings. The third kappa shape index (κ3) is 14.7. The van der Waals surface area contributed by atoms with Crippen LogP contribution in [0.25, 0.3) is 11.4 Å². The van der Waals surface area contributed by atoms with Gasteiger partial charge in [0, 0.05) is 5.32 Å². The van der Waals surface area contributed by atoms with E-state index in [4.69, 9.17) is 4.74 Å². The van der Waals surface area contributed by atoms with Crippen LogP contribution in [0, 0.1) is 11.8 Å². The zero-order chi connectivity index (χ0) is 26.6. The van der Waals surface area contributed by atoms with Crippen molar-refractivity contribution < 1.29 is 4.74 Å². The van der Waals surface area contributed by atoms with Crippen LogP contribution in [0.5, 0.6) is 5.75 Å². The van der Waals surface area contributed by atoms with Crippen molar-refractivity contribution >= 4 is 14.8 Å². The van der Waals surface area contributed by atoms with E-state index in [2.05, 4.69) is 55.0 Å². The molecule has 5 heteroatoms. The largest absolute Gasteiger partial charge is 0.492 e. The molecule has 0 aliphatic carbocycles. The second kappa shape index (κ2) is 20.2. The Balaban J connectivity index is 1.59. The van der Waals surface area contributed by atoms with Crippen molar-refractivity contribution in [3.05, 3.63) is 30.5 Å². The van der Waals surface area contributed by atoms with E-state index >= 15 is 0 Å². The maximum absolute atomic E-state index is 5.85. The summed E-state index contributed by atoms with van der Waals surface area (Å²) < 4.78 is 5.85. The molecule has 0 N–H and O–H groups in total. The van der Waals surface area contributed by atoms with E-state index in [1.807, 2.05) is 18.3 Å². The second-order valence-corrected chi connectivity index (χ2v) is 13.1. The third-order valence-corrected chi connectivity index (χ3v) is 9.74. The van der Waals surface area contributed by atoms with Crippen LogP contribution in [0.15, 0.2) is 30.5 Å². The van der Waals surface area contributed by atoms with Gasteiger partial charge in [0.25, 0.3) is 0 Å². The molecule has 2 aromatic rings. The molecule has 0 spiro atoms. The van der Waals surface area contributed by atoms with Crippen molar-refractivity contribution in [3.63, 3.8) is 0 Å². The highest BCUT2D eigenvalue weighted by atomic mass is 28.2. The van der Waals surface area contributed by atoms with Crippen molar-refractivity contribution in [1.29, 1.82) is 0 Å². The van der Waals surface area contributed by atoms with Gasteiger partial charge in [0.1, 0.15) is 11.4 Å². The van der Waals surface area contributed by atoms with Gasteiger partial charge in [-0.05, 0) is 42.5 Å². The van der Waals surface area contributed by atoms with E-state index in [1.165, 1.54) is 101 Å². The molecule has 2 unspecified atom stereocenters. The van der Waals surface area contributed by atoms with Crippen LogP contribution < -0.4 is 10.1 Å². The second-order valence-electron chi connectivity index (χ2n) is 11.3. The summed E-state index contributed by atoms with van der Waals surface area (Å²) in [6.45, 7) is 10.2. The molecule has 208 valence electrons. The highest BCUT2D eigenvalue weighted by Crippen LogP contribution is 2.20. The van der Waals surface area contributed by atoms with Gasteiger partial charge in [-0.2, -0.15) is 5.10 Å². The van der Waals surface area contributed by atoms with E-state index in [9.17, 15) is 0 Å². The summed E-state index contributed by atoms with van der Waals surface area (Å²) in [4.78, 5) is 4.55. The van der Waals surface area contributed by atoms with Crippen LogP contribution in [-0.4, -0.2) is 31.3 Å². The molecule has 0 aliphatic heterocycles. The lowest BCUT2D eigenvalue weighted by Gasteiger charge is -2.12. The van der Waals surface area contributed by atoms with E-state index in [0.717, 1.165) is 42.0 Å². The SMILES string of the molecule is CCCCCCCCOc1ccc(-c2ccc([SiH2]CC(C)CCCCCC(C)CCCCC)nn2)nc1. The molecule has 2 heterocycles. The van der Waals surface area contributed by atoms with Crippen LogP contribution >= 0.6 is 0 Å². The standard InChI is InChI=1S/C32H55N3OSi/c1-5-7-9-10-11-16-24-36-29-20-21-30(33-25-29)31-22-23-32(35-34-31)37-26-28(4)19-15-12-14-18-27(3)17-13-8-6-2/h20-23,25,27-28H,5-19,24,26,37H2,1-4H3. The molecular weight excluding hydrogens is 470 g/mol. The van der Waals surface area contributed by atoms with Gasteiger partial charge in [0.2, 0.25) is 0 Å². The number of pyridine rings is 1. The van der Waals surface area contributed by atoms with E-state index in [-0.39, 0.29) is 9.52 Å². The Hall–Kier alpha value is -1.75. The molecule has 4 nitrogen and oxygen atoms in total. The maximum Gasteiger partial charge on any atom is 0.137 e. The van der Waals surface area contributed by atoms with Crippen molar-refractivity contribution in [2.24, 2.45) is 11.8 Å². The Morgan fingerprint density at radius 1 is 0.676 bits per heavy atom. The molecule has 2 atom stereocenters. The van der Waals surface area contributed by atoms with E-state index in [0.29, 0.717) is 0 Å². The Labute approximate surface area is 230 Å². The molecule has 2 rings (SSSR count). The molecule has 0 radical (unpaired) electrons. The van der Waals surface area contributed by atoms with Crippen molar-refractivity contribution in [3.8, 4) is 17.1 Å². The van der Waals surface area contributed by atoms with Gasteiger partial charge in [0.05, 0.1) is 28.0 Å². The average Bonchev–Trinajstić information content (AvgIpc) is 2.92. The lowest BCUT2D eigenvalue weighted by Crippen LogP contribution is -2.21. The van der Waals surface area contributed by atoms with Crippen molar-refractivity contribution in [2.75, 3.05) is 6.61 Å². The van der Waals surface area contributed by atoms with Gasteiger partial charge in [0.15, 0.2) is 0 Å². The molecule has 0 amide bonds. The Morgan fingerprint density at radius 3 is 1.97 bits per heavy atom. The smallest absolute Gasteiger partial charge is 0.137 e. The Kier molecular flexibility index (Phi) is 17.2. The molecule has 0 saturated heterocycles. The first kappa shape index (κ1) is 31.5. The van der Waals surface area contributed by atoms with Crippen LogP contribution in [-0.2, 0) is 0 Å². The van der Waals surface area contributed by atoms with Gasteiger partial charge in [-0.1, -0.05) is 124 Å². The first-order valence-corrected chi connectivity index (χ1v) is 17.2. The summed E-state index contributed by atoms with van der Waals surface area (Å²) in [5.74, 6) is 2.56. The van der Waals surface area contributed by atoms with Crippen LogP contribution in [0.2, 0.25) is 6.04 Å². The topological polar surface area (TPSA) is 47.9 Å². The first-order chi connectivity index (χ1) is 18.1. The summed E-state index contributed by atoms with van der Waals surface area (Å²) in [5, 5.41) is 10.2. The van der Waals surface area contributed by atoms with E-state index < -0.39 is 0 Å². The molecule has 0 saturated carbocycles. The monoisotopic (exact) mass is 525 g/mol. The predicted molar refractivity (Wildman–Crippen MR) is 163 cm³/mol. The van der Waals surface area contributed by atoms with Gasteiger partial charge >= 0.3 is 0 Å². The minimum absolute atomic E-state index is 0.359. The number of unbranched alkanes of at least 4 members (excludes halogenated alkanes) is 9. The minimum atomic E-state index is -0.359. The maximum atomic E-state index is 5.85. The molecular formula is C32H55N3OSi. The quantitative estimate of drug-likeness (QED) is 0.115. The van der Waals surface area contributed by atoms with Crippen LogP contribution in [0.4, 0.5) is 0 Å². The van der Waals surface area contributed by atoms with Gasteiger partial charge in [-0.15, -0.1) is 5.10 Å². The lowest BCUT2D eigenvalue weighted by molar-refractivity contribution is 0.303. The number of nitrogens with zero attached hydrogens (tertiary/aromatic N) is 3. The summed E-state index contributed by atoms with van der Waals surface area (Å²) in [5.41, 5.74) is 1.71. The first-order valence-electron chi connectivity index (χ1n) is 15.5. The van der Waals surface area contributed by atoms with E-state index in [1.54, 1.807) is 0 Å².